The van der Waals surface area contributed by atoms with Gasteiger partial charge in [0.1, 0.15) is 11.5 Å². The number of rotatable bonds is 5. The molecule has 160 valence electrons. The number of aryl methyl sites for hydroxylation is 2. The minimum Gasteiger partial charge on any atom is -0.350 e. The largest absolute Gasteiger partial charge is 0.350 e. The van der Waals surface area contributed by atoms with Crippen LogP contribution >= 0.6 is 0 Å². The first-order valence-electron chi connectivity index (χ1n) is 9.74. The molecule has 7 nitrogen and oxygen atoms in total. The van der Waals surface area contributed by atoms with Gasteiger partial charge in [0, 0.05) is 17.8 Å². The van der Waals surface area contributed by atoms with Crippen molar-refractivity contribution in [2.75, 3.05) is 10.2 Å². The van der Waals surface area contributed by atoms with Crippen molar-refractivity contribution in [3.63, 3.8) is 0 Å². The Morgan fingerprint density at radius 1 is 0.938 bits per heavy atom. The maximum atomic E-state index is 13.8. The number of nitro groups is 1. The summed E-state index contributed by atoms with van der Waals surface area (Å²) in [6, 6.07) is 16.1. The molecule has 0 aromatic heterocycles. The predicted molar refractivity (Wildman–Crippen MR) is 118 cm³/mol. The summed E-state index contributed by atoms with van der Waals surface area (Å²) in [5.41, 5.74) is 2.88. The highest BCUT2D eigenvalue weighted by molar-refractivity contribution is 6.46. The number of anilines is 2. The number of nitro benzene ring substituents is 1. The average molecular weight is 431 g/mol. The molecule has 3 aromatic rings. The highest BCUT2D eigenvalue weighted by Crippen LogP contribution is 2.35. The van der Waals surface area contributed by atoms with Gasteiger partial charge in [0.15, 0.2) is 0 Å². The molecule has 0 bridgehead atoms. The summed E-state index contributed by atoms with van der Waals surface area (Å²) in [4.78, 5) is 38.0. The van der Waals surface area contributed by atoms with Crippen LogP contribution in [0.3, 0.4) is 0 Å². The summed E-state index contributed by atoms with van der Waals surface area (Å²) in [5.74, 6) is -1.88. The number of non-ortho nitro benzene ring substituents is 1. The van der Waals surface area contributed by atoms with Gasteiger partial charge < -0.3 is 5.32 Å². The number of benzene rings is 3. The smallest absolute Gasteiger partial charge is 0.282 e. The van der Waals surface area contributed by atoms with Gasteiger partial charge in [0.25, 0.3) is 17.5 Å². The monoisotopic (exact) mass is 431 g/mol. The van der Waals surface area contributed by atoms with E-state index in [2.05, 4.69) is 5.32 Å². The zero-order chi connectivity index (χ0) is 23.0. The number of hydrogen-bond donors (Lipinski definition) is 1. The van der Waals surface area contributed by atoms with Gasteiger partial charge in [-0.05, 0) is 61.4 Å². The summed E-state index contributed by atoms with van der Waals surface area (Å²) >= 11 is 0. The van der Waals surface area contributed by atoms with E-state index in [1.807, 2.05) is 26.0 Å². The molecule has 0 fully saturated rings. The summed E-state index contributed by atoms with van der Waals surface area (Å²) in [6.07, 6.45) is 0. The lowest BCUT2D eigenvalue weighted by atomic mass is 10.0. The third kappa shape index (κ3) is 3.74. The van der Waals surface area contributed by atoms with E-state index in [1.54, 1.807) is 6.07 Å². The lowest BCUT2D eigenvalue weighted by Gasteiger charge is -2.16. The van der Waals surface area contributed by atoms with Crippen molar-refractivity contribution in [2.45, 2.75) is 13.8 Å². The standard InChI is InChI=1S/C24H18FN3O4/c1-14-6-11-20(15(2)12-14)26-22-21(16-7-9-18(10-8-16)28(31)32)23(29)27(24(22)30)19-5-3-4-17(25)13-19/h3-13,26H,1-2H3. The fourth-order valence-corrected chi connectivity index (χ4v) is 3.60. The average Bonchev–Trinajstić information content (AvgIpc) is 2.99. The molecule has 8 heteroatoms. The first-order chi connectivity index (χ1) is 15.3. The Morgan fingerprint density at radius 3 is 2.28 bits per heavy atom. The molecule has 32 heavy (non-hydrogen) atoms. The number of carbonyl (C=O) groups excluding carboxylic acids is 2. The summed E-state index contributed by atoms with van der Waals surface area (Å²) in [6.45, 7) is 3.81. The zero-order valence-electron chi connectivity index (χ0n) is 17.3. The Labute approximate surface area is 182 Å². The molecule has 1 heterocycles. The second-order valence-electron chi connectivity index (χ2n) is 7.42. The molecule has 0 radical (unpaired) electrons. The molecule has 0 saturated carbocycles. The zero-order valence-corrected chi connectivity index (χ0v) is 17.3. The maximum Gasteiger partial charge on any atom is 0.282 e. The van der Waals surface area contributed by atoms with Gasteiger partial charge in [-0.3, -0.25) is 19.7 Å². The number of carbonyl (C=O) groups is 2. The van der Waals surface area contributed by atoms with Crippen LogP contribution in [0.2, 0.25) is 0 Å². The van der Waals surface area contributed by atoms with Crippen molar-refractivity contribution >= 4 is 34.4 Å². The number of halogens is 1. The van der Waals surface area contributed by atoms with Crippen LogP contribution in [0.4, 0.5) is 21.5 Å². The van der Waals surface area contributed by atoms with E-state index in [0.29, 0.717) is 11.3 Å². The van der Waals surface area contributed by atoms with Gasteiger partial charge in [-0.2, -0.15) is 0 Å². The van der Waals surface area contributed by atoms with Crippen molar-refractivity contribution in [3.8, 4) is 0 Å². The summed E-state index contributed by atoms with van der Waals surface area (Å²) in [5, 5.41) is 14.1. The third-order valence-electron chi connectivity index (χ3n) is 5.16. The SMILES string of the molecule is Cc1ccc(NC2=C(c3ccc([N+](=O)[O-])cc3)C(=O)N(c3cccc(F)c3)C2=O)c(C)c1. The van der Waals surface area contributed by atoms with E-state index in [1.165, 1.54) is 42.5 Å². The molecule has 0 spiro atoms. The minimum atomic E-state index is -0.651. The Balaban J connectivity index is 1.84. The van der Waals surface area contributed by atoms with Gasteiger partial charge in [0.2, 0.25) is 0 Å². The summed E-state index contributed by atoms with van der Waals surface area (Å²) in [7, 11) is 0. The predicted octanol–water partition coefficient (Wildman–Crippen LogP) is 4.75. The molecule has 0 atom stereocenters. The van der Waals surface area contributed by atoms with Crippen molar-refractivity contribution in [2.24, 2.45) is 0 Å². The maximum absolute atomic E-state index is 13.8. The second kappa shape index (κ2) is 8.07. The lowest BCUT2D eigenvalue weighted by Crippen LogP contribution is -2.32. The highest BCUT2D eigenvalue weighted by Gasteiger charge is 2.40. The molecule has 4 rings (SSSR count). The first-order valence-corrected chi connectivity index (χ1v) is 9.74. The quantitative estimate of drug-likeness (QED) is 0.358. The number of hydrogen-bond acceptors (Lipinski definition) is 5. The third-order valence-corrected chi connectivity index (χ3v) is 5.16. The molecule has 0 saturated heterocycles. The molecule has 1 N–H and O–H groups in total. The number of imide groups is 1. The molecule has 1 aliphatic heterocycles. The van der Waals surface area contributed by atoms with E-state index >= 15 is 0 Å². The van der Waals surface area contributed by atoms with E-state index in [9.17, 15) is 24.1 Å². The highest BCUT2D eigenvalue weighted by atomic mass is 19.1. The lowest BCUT2D eigenvalue weighted by molar-refractivity contribution is -0.384. The van der Waals surface area contributed by atoms with Crippen LogP contribution in [0.25, 0.3) is 5.57 Å². The van der Waals surface area contributed by atoms with Gasteiger partial charge in [-0.25, -0.2) is 9.29 Å². The van der Waals surface area contributed by atoms with Crippen molar-refractivity contribution in [1.82, 2.24) is 0 Å². The van der Waals surface area contributed by atoms with Crippen LogP contribution in [0.15, 0.2) is 72.4 Å². The number of nitrogens with one attached hydrogen (secondary N) is 1. The molecular formula is C24H18FN3O4. The Morgan fingerprint density at radius 2 is 1.66 bits per heavy atom. The topological polar surface area (TPSA) is 92.6 Å². The van der Waals surface area contributed by atoms with Gasteiger partial charge in [-0.15, -0.1) is 0 Å². The fraction of sp³-hybridized carbons (Fsp3) is 0.0833. The van der Waals surface area contributed by atoms with Gasteiger partial charge >= 0.3 is 0 Å². The number of amides is 2. The van der Waals surface area contributed by atoms with Gasteiger partial charge in [0.05, 0.1) is 16.2 Å². The second-order valence-corrected chi connectivity index (χ2v) is 7.42. The molecular weight excluding hydrogens is 413 g/mol. The van der Waals surface area contributed by atoms with E-state index < -0.39 is 22.6 Å². The Kier molecular flexibility index (Phi) is 5.28. The van der Waals surface area contributed by atoms with Crippen molar-refractivity contribution in [3.05, 3.63) is 105 Å². The van der Waals surface area contributed by atoms with Crippen molar-refractivity contribution < 1.29 is 18.9 Å². The first kappa shape index (κ1) is 20.9. The molecule has 1 aliphatic rings. The molecule has 3 aromatic carbocycles. The van der Waals surface area contributed by atoms with E-state index in [0.717, 1.165) is 22.1 Å². The minimum absolute atomic E-state index is 0.0140. The Hall–Kier alpha value is -4.33. The fourth-order valence-electron chi connectivity index (χ4n) is 3.60. The summed E-state index contributed by atoms with van der Waals surface area (Å²) < 4.78 is 13.8. The Bertz CT molecular complexity index is 1300. The van der Waals surface area contributed by atoms with Crippen LogP contribution in [-0.2, 0) is 9.59 Å². The molecule has 2 amide bonds. The van der Waals surface area contributed by atoms with Crippen LogP contribution in [-0.4, -0.2) is 16.7 Å². The van der Waals surface area contributed by atoms with Crippen LogP contribution in [0.5, 0.6) is 0 Å². The number of nitrogens with zero attached hydrogens (tertiary/aromatic N) is 2. The van der Waals surface area contributed by atoms with Crippen LogP contribution < -0.4 is 10.2 Å². The van der Waals surface area contributed by atoms with Crippen molar-refractivity contribution in [1.29, 1.82) is 0 Å². The van der Waals surface area contributed by atoms with E-state index in [4.69, 9.17) is 0 Å². The van der Waals surface area contributed by atoms with Crippen LogP contribution in [0, 0.1) is 29.8 Å². The normalized spacial score (nSPS) is 13.7. The van der Waals surface area contributed by atoms with Gasteiger partial charge in [-0.1, -0.05) is 23.8 Å². The van der Waals surface area contributed by atoms with E-state index in [-0.39, 0.29) is 22.6 Å². The van der Waals surface area contributed by atoms with Crippen LogP contribution in [0.1, 0.15) is 16.7 Å². The molecule has 0 aliphatic carbocycles. The molecule has 0 unspecified atom stereocenters.